The summed E-state index contributed by atoms with van der Waals surface area (Å²) in [6.07, 6.45) is 2.99. The summed E-state index contributed by atoms with van der Waals surface area (Å²) in [6, 6.07) is 6.36. The van der Waals surface area contributed by atoms with Gasteiger partial charge in [0.25, 0.3) is 0 Å². The molecule has 0 radical (unpaired) electrons. The zero-order chi connectivity index (χ0) is 9.26. The quantitative estimate of drug-likeness (QED) is 0.698. The van der Waals surface area contributed by atoms with Gasteiger partial charge in [-0.25, -0.2) is 0 Å². The van der Waals surface area contributed by atoms with Gasteiger partial charge in [-0.15, -0.1) is 11.8 Å². The summed E-state index contributed by atoms with van der Waals surface area (Å²) in [6.45, 7) is 0.743. The zero-order valence-corrected chi connectivity index (χ0v) is 8.43. The summed E-state index contributed by atoms with van der Waals surface area (Å²) in [5.74, 6) is 0.955. The molecule has 1 atom stereocenters. The second-order valence-electron chi connectivity index (χ2n) is 3.15. The van der Waals surface area contributed by atoms with Crippen LogP contribution in [0.1, 0.15) is 18.0 Å². The van der Waals surface area contributed by atoms with Gasteiger partial charge in [-0.3, -0.25) is 0 Å². The smallest absolute Gasteiger partial charge is 0.124 e. The van der Waals surface area contributed by atoms with Crippen LogP contribution in [0.25, 0.3) is 0 Å². The molecule has 0 bridgehead atoms. The van der Waals surface area contributed by atoms with E-state index < -0.39 is 0 Å². The largest absolute Gasteiger partial charge is 0.493 e. The van der Waals surface area contributed by atoms with Crippen LogP contribution in [0.15, 0.2) is 23.1 Å². The predicted molar refractivity (Wildman–Crippen MR) is 55.3 cm³/mol. The number of hydrogen-bond acceptors (Lipinski definition) is 3. The Hall–Kier alpha value is -0.670. The average Bonchev–Trinajstić information content (AvgIpc) is 2.18. The first-order valence-electron chi connectivity index (χ1n) is 4.37. The van der Waals surface area contributed by atoms with Gasteiger partial charge in [-0.2, -0.15) is 0 Å². The molecule has 1 aromatic rings. The summed E-state index contributed by atoms with van der Waals surface area (Å²) in [5, 5.41) is 0. The van der Waals surface area contributed by atoms with Gasteiger partial charge < -0.3 is 10.5 Å². The van der Waals surface area contributed by atoms with Crippen LogP contribution in [-0.2, 0) is 0 Å². The standard InChI is InChI=1S/C10H13NOS/c1-13-7-2-3-10-8(6-7)9(11)4-5-12-10/h2-3,6,9H,4-5,11H2,1H3/t9-/m0/s1. The van der Waals surface area contributed by atoms with Crippen LogP contribution in [0, 0.1) is 0 Å². The maximum absolute atomic E-state index is 5.98. The molecule has 0 aromatic heterocycles. The highest BCUT2D eigenvalue weighted by Gasteiger charge is 2.17. The van der Waals surface area contributed by atoms with Crippen molar-refractivity contribution in [3.8, 4) is 5.75 Å². The molecule has 1 aromatic carbocycles. The van der Waals surface area contributed by atoms with Crippen molar-refractivity contribution < 1.29 is 4.74 Å². The Morgan fingerprint density at radius 3 is 3.15 bits per heavy atom. The average molecular weight is 195 g/mol. The van der Waals surface area contributed by atoms with E-state index in [1.807, 2.05) is 6.07 Å². The predicted octanol–water partition coefficient (Wildman–Crippen LogP) is 2.19. The van der Waals surface area contributed by atoms with Gasteiger partial charge >= 0.3 is 0 Å². The lowest BCUT2D eigenvalue weighted by Gasteiger charge is -2.23. The maximum Gasteiger partial charge on any atom is 0.124 e. The minimum Gasteiger partial charge on any atom is -0.493 e. The molecule has 0 unspecified atom stereocenters. The number of benzene rings is 1. The number of fused-ring (bicyclic) bond motifs is 1. The van der Waals surface area contributed by atoms with Crippen LogP contribution in [0.2, 0.25) is 0 Å². The number of hydrogen-bond donors (Lipinski definition) is 1. The highest BCUT2D eigenvalue weighted by molar-refractivity contribution is 7.98. The molecule has 0 saturated heterocycles. The number of rotatable bonds is 1. The Balaban J connectivity index is 2.41. The van der Waals surface area contributed by atoms with E-state index in [0.717, 1.165) is 24.3 Å². The zero-order valence-electron chi connectivity index (χ0n) is 7.62. The third-order valence-corrected chi connectivity index (χ3v) is 3.03. The van der Waals surface area contributed by atoms with Gasteiger partial charge in [0.15, 0.2) is 0 Å². The van der Waals surface area contributed by atoms with Crippen LogP contribution in [0.5, 0.6) is 5.75 Å². The van der Waals surface area contributed by atoms with Gasteiger partial charge in [-0.1, -0.05) is 0 Å². The SMILES string of the molecule is CSc1ccc2c(c1)[C@@H](N)CCO2. The van der Waals surface area contributed by atoms with Crippen molar-refractivity contribution in [2.75, 3.05) is 12.9 Å². The monoisotopic (exact) mass is 195 g/mol. The third-order valence-electron chi connectivity index (χ3n) is 2.30. The number of ether oxygens (including phenoxy) is 1. The van der Waals surface area contributed by atoms with E-state index in [1.54, 1.807) is 11.8 Å². The van der Waals surface area contributed by atoms with Crippen LogP contribution in [-0.4, -0.2) is 12.9 Å². The van der Waals surface area contributed by atoms with Gasteiger partial charge in [-0.05, 0) is 24.5 Å². The van der Waals surface area contributed by atoms with E-state index in [1.165, 1.54) is 4.90 Å². The molecule has 13 heavy (non-hydrogen) atoms. The maximum atomic E-state index is 5.98. The normalized spacial score (nSPS) is 20.6. The van der Waals surface area contributed by atoms with Crippen LogP contribution in [0.4, 0.5) is 0 Å². The van der Waals surface area contributed by atoms with E-state index in [0.29, 0.717) is 0 Å². The topological polar surface area (TPSA) is 35.2 Å². The highest BCUT2D eigenvalue weighted by Crippen LogP contribution is 2.33. The second kappa shape index (κ2) is 3.60. The molecular weight excluding hydrogens is 182 g/mol. The molecule has 1 aliphatic heterocycles. The molecule has 0 fully saturated rings. The Morgan fingerprint density at radius 1 is 1.54 bits per heavy atom. The van der Waals surface area contributed by atoms with Crippen molar-refractivity contribution in [2.45, 2.75) is 17.4 Å². The molecule has 3 heteroatoms. The lowest BCUT2D eigenvalue weighted by molar-refractivity contribution is 0.268. The van der Waals surface area contributed by atoms with Crippen LogP contribution >= 0.6 is 11.8 Å². The van der Waals surface area contributed by atoms with Crippen molar-refractivity contribution in [3.05, 3.63) is 23.8 Å². The van der Waals surface area contributed by atoms with E-state index in [9.17, 15) is 0 Å². The van der Waals surface area contributed by atoms with Crippen molar-refractivity contribution in [3.63, 3.8) is 0 Å². The lowest BCUT2D eigenvalue weighted by atomic mass is 10.0. The molecule has 0 saturated carbocycles. The molecule has 70 valence electrons. The first kappa shape index (κ1) is 8.91. The Bertz CT molecular complexity index is 314. The van der Waals surface area contributed by atoms with E-state index in [2.05, 4.69) is 18.4 Å². The van der Waals surface area contributed by atoms with E-state index >= 15 is 0 Å². The molecule has 1 heterocycles. The van der Waals surface area contributed by atoms with Crippen LogP contribution < -0.4 is 10.5 Å². The van der Waals surface area contributed by atoms with Crippen molar-refractivity contribution in [2.24, 2.45) is 5.73 Å². The van der Waals surface area contributed by atoms with Gasteiger partial charge in [0.05, 0.1) is 6.61 Å². The molecule has 1 aliphatic rings. The molecule has 2 nitrogen and oxygen atoms in total. The fraction of sp³-hybridized carbons (Fsp3) is 0.400. The summed E-state index contributed by atoms with van der Waals surface area (Å²) >= 11 is 1.73. The van der Waals surface area contributed by atoms with Crippen LogP contribution in [0.3, 0.4) is 0 Å². The summed E-state index contributed by atoms with van der Waals surface area (Å²) in [5.41, 5.74) is 7.13. The molecule has 0 aliphatic carbocycles. The molecule has 2 rings (SSSR count). The van der Waals surface area contributed by atoms with Crippen molar-refractivity contribution >= 4 is 11.8 Å². The van der Waals surface area contributed by atoms with E-state index in [-0.39, 0.29) is 6.04 Å². The van der Waals surface area contributed by atoms with Gasteiger partial charge in [0.2, 0.25) is 0 Å². The minimum absolute atomic E-state index is 0.149. The Labute approximate surface area is 82.5 Å². The fourth-order valence-corrected chi connectivity index (χ4v) is 1.98. The highest BCUT2D eigenvalue weighted by atomic mass is 32.2. The second-order valence-corrected chi connectivity index (χ2v) is 4.03. The van der Waals surface area contributed by atoms with Crippen molar-refractivity contribution in [1.82, 2.24) is 0 Å². The van der Waals surface area contributed by atoms with Gasteiger partial charge in [0.1, 0.15) is 5.75 Å². The summed E-state index contributed by atoms with van der Waals surface area (Å²) < 4.78 is 5.50. The summed E-state index contributed by atoms with van der Waals surface area (Å²) in [7, 11) is 0. The molecule has 0 spiro atoms. The lowest BCUT2D eigenvalue weighted by Crippen LogP contribution is -2.20. The first-order valence-corrected chi connectivity index (χ1v) is 5.60. The Kier molecular flexibility index (Phi) is 2.47. The molecule has 0 amide bonds. The van der Waals surface area contributed by atoms with E-state index in [4.69, 9.17) is 10.5 Å². The van der Waals surface area contributed by atoms with Gasteiger partial charge in [0, 0.05) is 22.9 Å². The van der Waals surface area contributed by atoms with Crippen molar-refractivity contribution in [1.29, 1.82) is 0 Å². The minimum atomic E-state index is 0.149. The number of nitrogens with two attached hydrogens (primary N) is 1. The molecular formula is C10H13NOS. The fourth-order valence-electron chi connectivity index (χ4n) is 1.53. The first-order chi connectivity index (χ1) is 6.31. The number of thioether (sulfide) groups is 1. The summed E-state index contributed by atoms with van der Waals surface area (Å²) in [4.78, 5) is 1.25. The third kappa shape index (κ3) is 1.67. The molecule has 2 N–H and O–H groups in total. The Morgan fingerprint density at radius 2 is 2.38 bits per heavy atom.